The van der Waals surface area contributed by atoms with Crippen molar-refractivity contribution in [2.24, 2.45) is 11.7 Å². The highest BCUT2D eigenvalue weighted by Crippen LogP contribution is 2.06. The van der Waals surface area contributed by atoms with Gasteiger partial charge >= 0.3 is 5.97 Å². The average molecular weight is 423 g/mol. The van der Waals surface area contributed by atoms with E-state index < -0.39 is 60.6 Å². The van der Waals surface area contributed by atoms with Gasteiger partial charge in [0.15, 0.2) is 0 Å². The van der Waals surface area contributed by atoms with E-state index in [1.54, 1.807) is 6.92 Å². The lowest BCUT2D eigenvalue weighted by molar-refractivity contribution is -0.143. The zero-order chi connectivity index (χ0) is 22.0. The van der Waals surface area contributed by atoms with Crippen molar-refractivity contribution in [3.63, 3.8) is 0 Å². The minimum atomic E-state index is -1.55. The Morgan fingerprint density at radius 3 is 1.93 bits per heavy atom. The van der Waals surface area contributed by atoms with Gasteiger partial charge in [-0.25, -0.2) is 4.79 Å². The first kappa shape index (κ1) is 26.1. The number of hydrogen-bond donors (Lipinski definition) is 8. The normalized spacial score (nSPS) is 17.4. The van der Waals surface area contributed by atoms with Gasteiger partial charge in [-0.05, 0) is 12.8 Å². The summed E-state index contributed by atoms with van der Waals surface area (Å²) in [4.78, 5) is 47.6. The molecule has 0 rings (SSSR count). The summed E-state index contributed by atoms with van der Waals surface area (Å²) in [6, 6.07) is -5.08. The maximum atomic E-state index is 12.4. The van der Waals surface area contributed by atoms with Crippen LogP contribution in [-0.4, -0.2) is 81.6 Å². The highest BCUT2D eigenvalue weighted by atomic mass is 32.1. The Balaban J connectivity index is 5.12. The number of rotatable bonds is 12. The molecule has 0 radical (unpaired) electrons. The van der Waals surface area contributed by atoms with Crippen LogP contribution in [0.4, 0.5) is 0 Å². The summed E-state index contributed by atoms with van der Waals surface area (Å²) in [5, 5.41) is 34.4. The zero-order valence-electron chi connectivity index (χ0n) is 16.1. The number of nitrogens with two attached hydrogens (primary N) is 1. The smallest absolute Gasteiger partial charge is 0.328 e. The van der Waals surface area contributed by atoms with Crippen LogP contribution in [0.15, 0.2) is 0 Å². The van der Waals surface area contributed by atoms with Gasteiger partial charge in [0.1, 0.15) is 18.1 Å². The van der Waals surface area contributed by atoms with Crippen molar-refractivity contribution >= 4 is 36.3 Å². The molecule has 0 aromatic rings. The monoisotopic (exact) mass is 422 g/mol. The van der Waals surface area contributed by atoms with Crippen LogP contribution in [0.5, 0.6) is 0 Å². The van der Waals surface area contributed by atoms with Crippen LogP contribution in [0.1, 0.15) is 27.2 Å². The minimum absolute atomic E-state index is 0.153. The molecule has 6 atom stereocenters. The third-order valence-corrected chi connectivity index (χ3v) is 4.60. The number of aliphatic hydroxyl groups excluding tert-OH is 2. The molecule has 0 aliphatic carbocycles. The molecule has 0 aromatic carbocycles. The van der Waals surface area contributed by atoms with Crippen LogP contribution in [0.3, 0.4) is 0 Å². The van der Waals surface area contributed by atoms with Crippen molar-refractivity contribution in [1.29, 1.82) is 0 Å². The second-order valence-corrected chi connectivity index (χ2v) is 6.83. The van der Waals surface area contributed by atoms with E-state index >= 15 is 0 Å². The summed E-state index contributed by atoms with van der Waals surface area (Å²) in [6.45, 7) is 4.06. The van der Waals surface area contributed by atoms with Gasteiger partial charge in [-0.3, -0.25) is 14.4 Å². The van der Waals surface area contributed by atoms with Crippen molar-refractivity contribution in [2.75, 3.05) is 12.4 Å². The van der Waals surface area contributed by atoms with Crippen LogP contribution in [0, 0.1) is 5.92 Å². The summed E-state index contributed by atoms with van der Waals surface area (Å²) >= 11 is 3.94. The molecular formula is C16H30N4O7S. The average Bonchev–Trinajstić information content (AvgIpc) is 2.65. The molecule has 12 heteroatoms. The number of thiol groups is 1. The van der Waals surface area contributed by atoms with Crippen molar-refractivity contribution < 1.29 is 34.5 Å². The Morgan fingerprint density at radius 1 is 1.00 bits per heavy atom. The fourth-order valence-corrected chi connectivity index (χ4v) is 2.34. The third-order valence-electron chi connectivity index (χ3n) is 4.24. The number of hydrogen-bond acceptors (Lipinski definition) is 8. The molecule has 0 heterocycles. The van der Waals surface area contributed by atoms with Gasteiger partial charge in [-0.15, -0.1) is 0 Å². The fourth-order valence-electron chi connectivity index (χ4n) is 2.08. The fraction of sp³-hybridized carbons (Fsp3) is 0.750. The molecule has 0 aliphatic heterocycles. The Morgan fingerprint density at radius 2 is 1.54 bits per heavy atom. The summed E-state index contributed by atoms with van der Waals surface area (Å²) in [5.41, 5.74) is 5.81. The summed E-state index contributed by atoms with van der Waals surface area (Å²) in [7, 11) is 0. The number of carbonyl (C=O) groups is 4. The van der Waals surface area contributed by atoms with Crippen LogP contribution in [0.25, 0.3) is 0 Å². The molecule has 8 N–H and O–H groups in total. The molecule has 0 aliphatic rings. The van der Waals surface area contributed by atoms with Gasteiger partial charge in [0.05, 0.1) is 18.8 Å². The van der Waals surface area contributed by atoms with E-state index in [0.717, 1.165) is 0 Å². The number of carbonyl (C=O) groups excluding carboxylic acids is 3. The van der Waals surface area contributed by atoms with Gasteiger partial charge in [0.2, 0.25) is 17.7 Å². The van der Waals surface area contributed by atoms with Crippen molar-refractivity contribution in [2.45, 2.75) is 57.5 Å². The molecule has 11 nitrogen and oxygen atoms in total. The van der Waals surface area contributed by atoms with Gasteiger partial charge in [-0.2, -0.15) is 12.6 Å². The Kier molecular flexibility index (Phi) is 11.7. The molecule has 28 heavy (non-hydrogen) atoms. The van der Waals surface area contributed by atoms with E-state index in [1.807, 2.05) is 6.92 Å². The summed E-state index contributed by atoms with van der Waals surface area (Å²) in [5.74, 6) is -4.19. The van der Waals surface area contributed by atoms with Crippen molar-refractivity contribution in [3.05, 3.63) is 0 Å². The highest BCUT2D eigenvalue weighted by molar-refractivity contribution is 7.80. The first-order valence-corrected chi connectivity index (χ1v) is 9.42. The Labute approximate surface area is 168 Å². The van der Waals surface area contributed by atoms with Gasteiger partial charge in [-0.1, -0.05) is 20.3 Å². The number of nitrogens with one attached hydrogen (secondary N) is 3. The Hall–Kier alpha value is -1.89. The summed E-state index contributed by atoms with van der Waals surface area (Å²) < 4.78 is 0. The van der Waals surface area contributed by atoms with Crippen LogP contribution in [0.2, 0.25) is 0 Å². The van der Waals surface area contributed by atoms with E-state index in [4.69, 9.17) is 15.9 Å². The van der Waals surface area contributed by atoms with E-state index in [0.29, 0.717) is 6.42 Å². The minimum Gasteiger partial charge on any atom is -0.480 e. The number of carboxylic acid groups (broad SMARTS) is 1. The van der Waals surface area contributed by atoms with Crippen LogP contribution < -0.4 is 21.7 Å². The van der Waals surface area contributed by atoms with E-state index in [2.05, 4.69) is 28.6 Å². The number of amides is 3. The van der Waals surface area contributed by atoms with Crippen LogP contribution in [-0.2, 0) is 19.2 Å². The lowest BCUT2D eigenvalue weighted by Crippen LogP contribution is -2.60. The maximum Gasteiger partial charge on any atom is 0.328 e. The molecule has 0 unspecified atom stereocenters. The maximum absolute atomic E-state index is 12.4. The Bertz CT molecular complexity index is 561. The lowest BCUT2D eigenvalue weighted by atomic mass is 9.98. The van der Waals surface area contributed by atoms with E-state index in [1.165, 1.54) is 6.92 Å². The largest absolute Gasteiger partial charge is 0.480 e. The SMILES string of the molecule is CC[C@H](C)[C@H](N)C(=O)N[C@H](C(=O)N[C@@H](CS)C(=O)N[C@@H](CO)C(=O)O)[C@@H](C)O. The second-order valence-electron chi connectivity index (χ2n) is 6.46. The lowest BCUT2D eigenvalue weighted by Gasteiger charge is -2.26. The first-order valence-electron chi connectivity index (χ1n) is 8.79. The van der Waals surface area contributed by atoms with Gasteiger partial charge in [0, 0.05) is 5.75 Å². The molecule has 162 valence electrons. The van der Waals surface area contributed by atoms with Crippen molar-refractivity contribution in [1.82, 2.24) is 16.0 Å². The number of carboxylic acids is 1. The predicted octanol–water partition coefficient (Wildman–Crippen LogP) is -2.80. The topological polar surface area (TPSA) is 191 Å². The highest BCUT2D eigenvalue weighted by Gasteiger charge is 2.32. The second kappa shape index (κ2) is 12.5. The third kappa shape index (κ3) is 8.00. The quantitative estimate of drug-likeness (QED) is 0.155. The molecule has 0 fully saturated rings. The molecule has 0 saturated carbocycles. The first-order chi connectivity index (χ1) is 13.0. The molecule has 0 aromatic heterocycles. The number of aliphatic carboxylic acids is 1. The standard InChI is InChI=1S/C16H30N4O7S/c1-4-7(2)11(17)14(24)20-12(8(3)22)15(25)19-10(6-28)13(23)18-9(5-21)16(26)27/h7-12,21-22,28H,4-6,17H2,1-3H3,(H,18,23)(H,19,25)(H,20,24)(H,26,27)/t7-,8+,9-,10-,11-,12-/m0/s1. The van der Waals surface area contributed by atoms with E-state index in [-0.39, 0.29) is 11.7 Å². The molecule has 0 spiro atoms. The zero-order valence-corrected chi connectivity index (χ0v) is 17.0. The van der Waals surface area contributed by atoms with Gasteiger partial charge in [0.25, 0.3) is 0 Å². The summed E-state index contributed by atoms with van der Waals surface area (Å²) in [6.07, 6.45) is -0.654. The number of aliphatic hydroxyl groups is 2. The van der Waals surface area contributed by atoms with Crippen molar-refractivity contribution in [3.8, 4) is 0 Å². The van der Waals surface area contributed by atoms with E-state index in [9.17, 15) is 24.3 Å². The molecular weight excluding hydrogens is 392 g/mol. The molecule has 0 bridgehead atoms. The van der Waals surface area contributed by atoms with Crippen LogP contribution >= 0.6 is 12.6 Å². The molecule has 0 saturated heterocycles. The molecule has 3 amide bonds. The predicted molar refractivity (Wildman–Crippen MR) is 103 cm³/mol. The van der Waals surface area contributed by atoms with Gasteiger partial charge < -0.3 is 37.0 Å².